The zero-order chi connectivity index (χ0) is 11.8. The third kappa shape index (κ3) is 2.33. The van der Waals surface area contributed by atoms with E-state index < -0.39 is 14.3 Å². The van der Waals surface area contributed by atoms with E-state index in [1.807, 2.05) is 18.2 Å². The molecule has 5 heteroatoms. The molecule has 0 spiro atoms. The molecule has 0 heterocycles. The second-order valence-electron chi connectivity index (χ2n) is 3.98. The lowest BCUT2D eigenvalue weighted by molar-refractivity contribution is 0.413. The quantitative estimate of drug-likeness (QED) is 0.765. The van der Waals surface area contributed by atoms with Gasteiger partial charge in [0.15, 0.2) is 0 Å². The predicted molar refractivity (Wildman–Crippen MR) is 63.6 cm³/mol. The largest absolute Gasteiger partial charge is 0.497 e. The van der Waals surface area contributed by atoms with Gasteiger partial charge in [-0.2, -0.15) is 0 Å². The van der Waals surface area contributed by atoms with Crippen molar-refractivity contribution in [3.05, 3.63) is 29.3 Å². The molecule has 0 fully saturated rings. The van der Waals surface area contributed by atoms with E-state index >= 15 is 0 Å². The van der Waals surface area contributed by atoms with Gasteiger partial charge >= 0.3 is 0 Å². The highest BCUT2D eigenvalue weighted by molar-refractivity contribution is 8.14. The summed E-state index contributed by atoms with van der Waals surface area (Å²) in [6.07, 6.45) is 1.85. The third-order valence-electron chi connectivity index (χ3n) is 2.99. The van der Waals surface area contributed by atoms with Gasteiger partial charge in [-0.1, -0.05) is 6.07 Å². The topological polar surface area (TPSA) is 43.4 Å². The fraction of sp³-hybridized carbons (Fsp3) is 0.455. The van der Waals surface area contributed by atoms with E-state index in [4.69, 9.17) is 15.4 Å². The fourth-order valence-electron chi connectivity index (χ4n) is 2.07. The summed E-state index contributed by atoms with van der Waals surface area (Å²) in [5.41, 5.74) is 2.22. The van der Waals surface area contributed by atoms with Crippen LogP contribution < -0.4 is 4.74 Å². The maximum absolute atomic E-state index is 11.3. The van der Waals surface area contributed by atoms with Crippen molar-refractivity contribution in [2.75, 3.05) is 7.11 Å². The number of benzene rings is 1. The van der Waals surface area contributed by atoms with Crippen LogP contribution in [0.3, 0.4) is 0 Å². The number of fused-ring (bicyclic) bond motifs is 1. The van der Waals surface area contributed by atoms with Crippen LogP contribution in [0.4, 0.5) is 0 Å². The Bertz CT molecular complexity index is 496. The molecule has 1 aliphatic rings. The van der Waals surface area contributed by atoms with Crippen molar-refractivity contribution < 1.29 is 13.2 Å². The fourth-order valence-corrected chi connectivity index (χ4v) is 3.30. The van der Waals surface area contributed by atoms with Crippen molar-refractivity contribution in [1.82, 2.24) is 0 Å². The minimum absolute atomic E-state index is 0.464. The van der Waals surface area contributed by atoms with Crippen molar-refractivity contribution in [1.29, 1.82) is 0 Å². The van der Waals surface area contributed by atoms with Crippen molar-refractivity contribution in [3.8, 4) is 5.75 Å². The van der Waals surface area contributed by atoms with Crippen LogP contribution in [0.5, 0.6) is 5.75 Å². The normalized spacial score (nSPS) is 20.2. The minimum Gasteiger partial charge on any atom is -0.497 e. The molecular formula is C11H13ClO3S. The number of halogens is 1. The average molecular weight is 261 g/mol. The molecule has 0 aromatic heterocycles. The van der Waals surface area contributed by atoms with E-state index in [0.717, 1.165) is 17.7 Å². The molecule has 0 amide bonds. The van der Waals surface area contributed by atoms with Crippen LogP contribution in [0.2, 0.25) is 0 Å². The summed E-state index contributed by atoms with van der Waals surface area (Å²) < 4.78 is 27.7. The highest BCUT2D eigenvalue weighted by Crippen LogP contribution is 2.29. The molecule has 1 unspecified atom stereocenters. The summed E-state index contributed by atoms with van der Waals surface area (Å²) in [6, 6.07) is 5.78. The Labute approximate surface area is 99.8 Å². The van der Waals surface area contributed by atoms with Crippen LogP contribution >= 0.6 is 10.7 Å². The summed E-state index contributed by atoms with van der Waals surface area (Å²) in [4.78, 5) is 0. The number of rotatable bonds is 2. The zero-order valence-electron chi connectivity index (χ0n) is 8.94. The van der Waals surface area contributed by atoms with Gasteiger partial charge in [-0.3, -0.25) is 0 Å². The first-order chi connectivity index (χ1) is 7.50. The number of aryl methyl sites for hydroxylation is 1. The van der Waals surface area contributed by atoms with Crippen LogP contribution in [-0.2, 0) is 21.9 Å². The summed E-state index contributed by atoms with van der Waals surface area (Å²) in [5.74, 6) is 0.756. The molecule has 1 atom stereocenters. The smallest absolute Gasteiger partial charge is 0.235 e. The van der Waals surface area contributed by atoms with Gasteiger partial charge in [0.25, 0.3) is 0 Å². The van der Waals surface area contributed by atoms with Crippen molar-refractivity contribution in [2.45, 2.75) is 24.5 Å². The minimum atomic E-state index is -3.46. The number of methoxy groups -OCH3 is 1. The lowest BCUT2D eigenvalue weighted by Gasteiger charge is -2.22. The first kappa shape index (κ1) is 11.7. The maximum Gasteiger partial charge on any atom is 0.235 e. The van der Waals surface area contributed by atoms with E-state index in [0.29, 0.717) is 12.8 Å². The standard InChI is InChI=1S/C11H13ClO3S/c1-15-10-4-2-8-3-5-11(16(12,13)14)7-9(8)6-10/h2,4,6,11H,3,5,7H2,1H3. The van der Waals surface area contributed by atoms with E-state index in [2.05, 4.69) is 0 Å². The highest BCUT2D eigenvalue weighted by atomic mass is 35.7. The van der Waals surface area contributed by atoms with Crippen molar-refractivity contribution in [3.63, 3.8) is 0 Å². The molecule has 1 aromatic rings. The number of hydrogen-bond acceptors (Lipinski definition) is 3. The summed E-state index contributed by atoms with van der Waals surface area (Å²) in [5, 5.41) is -0.464. The average Bonchev–Trinajstić information content (AvgIpc) is 2.26. The van der Waals surface area contributed by atoms with Crippen molar-refractivity contribution >= 4 is 19.7 Å². The molecule has 88 valence electrons. The van der Waals surface area contributed by atoms with E-state index in [1.165, 1.54) is 5.56 Å². The Balaban J connectivity index is 2.32. The monoisotopic (exact) mass is 260 g/mol. The van der Waals surface area contributed by atoms with E-state index in [9.17, 15) is 8.42 Å². The Morgan fingerprint density at radius 3 is 2.75 bits per heavy atom. The maximum atomic E-state index is 11.3. The molecular weight excluding hydrogens is 248 g/mol. The molecule has 0 aliphatic heterocycles. The van der Waals surface area contributed by atoms with Gasteiger partial charge in [0.1, 0.15) is 5.75 Å². The summed E-state index contributed by atoms with van der Waals surface area (Å²) in [7, 11) is 3.53. The van der Waals surface area contributed by atoms with Crippen LogP contribution in [-0.4, -0.2) is 20.8 Å². The van der Waals surface area contributed by atoms with E-state index in [1.54, 1.807) is 7.11 Å². The first-order valence-corrected chi connectivity index (χ1v) is 7.47. The number of ether oxygens (including phenoxy) is 1. The molecule has 0 radical (unpaired) electrons. The Morgan fingerprint density at radius 1 is 1.38 bits per heavy atom. The summed E-state index contributed by atoms with van der Waals surface area (Å²) in [6.45, 7) is 0. The molecule has 2 rings (SSSR count). The van der Waals surface area contributed by atoms with Gasteiger partial charge in [0, 0.05) is 10.7 Å². The SMILES string of the molecule is COc1ccc2c(c1)CC(S(=O)(=O)Cl)CC2. The van der Waals surface area contributed by atoms with Gasteiger partial charge in [-0.05, 0) is 42.5 Å². The van der Waals surface area contributed by atoms with Gasteiger partial charge < -0.3 is 4.74 Å². The van der Waals surface area contributed by atoms with Crippen LogP contribution in [0, 0.1) is 0 Å². The molecule has 0 saturated carbocycles. The second kappa shape index (κ2) is 4.26. The molecule has 0 bridgehead atoms. The molecule has 16 heavy (non-hydrogen) atoms. The first-order valence-electron chi connectivity index (χ1n) is 5.10. The van der Waals surface area contributed by atoms with Gasteiger partial charge in [-0.25, -0.2) is 8.42 Å². The van der Waals surface area contributed by atoms with E-state index in [-0.39, 0.29) is 0 Å². The van der Waals surface area contributed by atoms with Crippen LogP contribution in [0.25, 0.3) is 0 Å². The van der Waals surface area contributed by atoms with Crippen molar-refractivity contribution in [2.24, 2.45) is 0 Å². The lowest BCUT2D eigenvalue weighted by atomic mass is 9.91. The molecule has 0 saturated heterocycles. The van der Waals surface area contributed by atoms with Crippen LogP contribution in [0.1, 0.15) is 17.5 Å². The van der Waals surface area contributed by atoms with Crippen LogP contribution in [0.15, 0.2) is 18.2 Å². The Hall–Kier alpha value is -0.740. The zero-order valence-corrected chi connectivity index (χ0v) is 10.5. The predicted octanol–water partition coefficient (Wildman–Crippen LogP) is 2.12. The highest BCUT2D eigenvalue weighted by Gasteiger charge is 2.28. The number of hydrogen-bond donors (Lipinski definition) is 0. The summed E-state index contributed by atoms with van der Waals surface area (Å²) >= 11 is 0. The molecule has 1 aliphatic carbocycles. The molecule has 1 aromatic carbocycles. The molecule has 3 nitrogen and oxygen atoms in total. The Morgan fingerprint density at radius 2 is 2.12 bits per heavy atom. The van der Waals surface area contributed by atoms with Gasteiger partial charge in [0.2, 0.25) is 9.05 Å². The van der Waals surface area contributed by atoms with Gasteiger partial charge in [-0.15, -0.1) is 0 Å². The lowest BCUT2D eigenvalue weighted by Crippen LogP contribution is -2.24. The third-order valence-corrected chi connectivity index (χ3v) is 4.95. The second-order valence-corrected chi connectivity index (χ2v) is 6.88. The molecule has 0 N–H and O–H groups in total. The Kier molecular flexibility index (Phi) is 3.13. The van der Waals surface area contributed by atoms with Gasteiger partial charge in [0.05, 0.1) is 12.4 Å².